The highest BCUT2D eigenvalue weighted by Gasteiger charge is 2.46. The number of hydrogen-bond acceptors (Lipinski definition) is 5. The zero-order valence-corrected chi connectivity index (χ0v) is 36.8. The van der Waals surface area contributed by atoms with E-state index in [9.17, 15) is 0 Å². The van der Waals surface area contributed by atoms with Gasteiger partial charge in [-0.25, -0.2) is 15.0 Å². The van der Waals surface area contributed by atoms with Gasteiger partial charge in [-0.15, -0.1) is 11.3 Å². The van der Waals surface area contributed by atoms with Crippen molar-refractivity contribution in [2.24, 2.45) is 0 Å². The van der Waals surface area contributed by atoms with E-state index in [1.165, 1.54) is 64.3 Å². The Morgan fingerprint density at radius 2 is 0.925 bits per heavy atom. The topological polar surface area (TPSA) is 51.8 Å². The van der Waals surface area contributed by atoms with Crippen LogP contribution >= 0.6 is 11.3 Å². The van der Waals surface area contributed by atoms with E-state index in [1.54, 1.807) is 0 Å². The summed E-state index contributed by atoms with van der Waals surface area (Å²) in [4.78, 5) is 15.7. The van der Waals surface area contributed by atoms with Crippen molar-refractivity contribution in [2.75, 3.05) is 0 Å². The Morgan fingerprint density at radius 3 is 1.70 bits per heavy atom. The molecule has 0 spiro atoms. The number of aromatic nitrogens is 3. The Labute approximate surface area is 390 Å². The average molecular weight is 872 g/mol. The largest absolute Gasteiger partial charge is 0.456 e. The van der Waals surface area contributed by atoms with E-state index in [2.05, 4.69) is 206 Å². The second-order valence-corrected chi connectivity index (χ2v) is 18.4. The maximum atomic E-state index is 6.76. The van der Waals surface area contributed by atoms with Crippen molar-refractivity contribution in [2.45, 2.75) is 5.41 Å². The minimum atomic E-state index is -0.551. The third kappa shape index (κ3) is 5.68. The number of nitrogens with zero attached hydrogens (tertiary/aromatic N) is 3. The summed E-state index contributed by atoms with van der Waals surface area (Å²) in [6, 6.07) is 80.2. The van der Waals surface area contributed by atoms with E-state index >= 15 is 0 Å². The van der Waals surface area contributed by atoms with Crippen LogP contribution in [0, 0.1) is 0 Å². The third-order valence-corrected chi connectivity index (χ3v) is 15.0. The summed E-state index contributed by atoms with van der Waals surface area (Å²) in [5.74, 6) is 1.79. The summed E-state index contributed by atoms with van der Waals surface area (Å²) in [7, 11) is 0. The standard InChI is InChI=1S/C62H37N3OS/c1-3-17-39(18-4-1)59-63-60(40-19-13-22-43(36-40)62(42-20-5-2-6-21-42)51-28-11-9-24-45(51)46-25-10-12-29-52(46)62)65-61(64-59)41-33-34-49-54(37-41)66-53-30-14-26-47(56(49)53)48-27-15-31-55-57(48)50-35-32-38-16-7-8-23-44(38)58(50)67-55/h1-37H. The van der Waals surface area contributed by atoms with Gasteiger partial charge in [0.15, 0.2) is 17.5 Å². The first-order valence-corrected chi connectivity index (χ1v) is 23.5. The fourth-order valence-corrected chi connectivity index (χ4v) is 12.2. The van der Waals surface area contributed by atoms with Gasteiger partial charge in [0.2, 0.25) is 0 Å². The lowest BCUT2D eigenvalue weighted by atomic mass is 9.67. The zero-order valence-electron chi connectivity index (χ0n) is 36.0. The quantitative estimate of drug-likeness (QED) is 0.167. The number of thiophene rings is 1. The van der Waals surface area contributed by atoms with Gasteiger partial charge in [-0.2, -0.15) is 0 Å². The molecule has 3 heterocycles. The summed E-state index contributed by atoms with van der Waals surface area (Å²) < 4.78 is 9.35. The van der Waals surface area contributed by atoms with Gasteiger partial charge in [-0.3, -0.25) is 0 Å². The summed E-state index contributed by atoms with van der Waals surface area (Å²) in [5, 5.41) is 7.24. The van der Waals surface area contributed by atoms with Gasteiger partial charge < -0.3 is 4.42 Å². The maximum Gasteiger partial charge on any atom is 0.164 e. The molecule has 67 heavy (non-hydrogen) atoms. The number of hydrogen-bond donors (Lipinski definition) is 0. The lowest BCUT2D eigenvalue weighted by molar-refractivity contribution is 0.669. The highest BCUT2D eigenvalue weighted by molar-refractivity contribution is 7.26. The number of rotatable bonds is 6. The van der Waals surface area contributed by atoms with Gasteiger partial charge in [-0.1, -0.05) is 194 Å². The first-order chi connectivity index (χ1) is 33.2. The molecule has 10 aromatic carbocycles. The van der Waals surface area contributed by atoms with E-state index in [1.807, 2.05) is 29.5 Å². The van der Waals surface area contributed by atoms with Crippen LogP contribution in [0.25, 0.3) is 109 Å². The van der Waals surface area contributed by atoms with E-state index < -0.39 is 5.41 Å². The van der Waals surface area contributed by atoms with E-state index in [0.29, 0.717) is 17.5 Å². The van der Waals surface area contributed by atoms with Crippen LogP contribution in [0.3, 0.4) is 0 Å². The molecule has 4 nitrogen and oxygen atoms in total. The molecular weight excluding hydrogens is 835 g/mol. The van der Waals surface area contributed by atoms with E-state index in [0.717, 1.165) is 49.8 Å². The highest BCUT2D eigenvalue weighted by Crippen LogP contribution is 2.56. The molecule has 0 atom stereocenters. The molecule has 0 saturated heterocycles. The van der Waals surface area contributed by atoms with Crippen LogP contribution in [0.4, 0.5) is 0 Å². The number of fused-ring (bicyclic) bond motifs is 11. The minimum Gasteiger partial charge on any atom is -0.456 e. The molecular formula is C62H37N3OS. The van der Waals surface area contributed by atoms with Crippen LogP contribution in [0.1, 0.15) is 22.3 Å². The highest BCUT2D eigenvalue weighted by atomic mass is 32.1. The smallest absolute Gasteiger partial charge is 0.164 e. The molecule has 0 amide bonds. The van der Waals surface area contributed by atoms with Crippen molar-refractivity contribution in [1.82, 2.24) is 15.0 Å². The molecule has 1 aliphatic carbocycles. The monoisotopic (exact) mass is 871 g/mol. The van der Waals surface area contributed by atoms with Crippen LogP contribution in [-0.2, 0) is 5.41 Å². The van der Waals surface area contributed by atoms with Gasteiger partial charge >= 0.3 is 0 Å². The molecule has 0 fully saturated rings. The van der Waals surface area contributed by atoms with Gasteiger partial charge in [0.1, 0.15) is 11.2 Å². The van der Waals surface area contributed by atoms with E-state index in [4.69, 9.17) is 19.4 Å². The summed E-state index contributed by atoms with van der Waals surface area (Å²) in [5.41, 5.74) is 13.5. The fraction of sp³-hybridized carbons (Fsp3) is 0.0161. The molecule has 0 N–H and O–H groups in total. The predicted octanol–water partition coefficient (Wildman–Crippen LogP) is 16.3. The molecule has 0 aliphatic heterocycles. The number of furan rings is 1. The Balaban J connectivity index is 0.934. The normalized spacial score (nSPS) is 12.9. The molecule has 1 aliphatic rings. The Hall–Kier alpha value is -8.51. The molecule has 0 unspecified atom stereocenters. The van der Waals surface area contributed by atoms with Crippen LogP contribution in [-0.4, -0.2) is 15.0 Å². The van der Waals surface area contributed by atoms with Crippen LogP contribution < -0.4 is 0 Å². The first-order valence-electron chi connectivity index (χ1n) is 22.7. The summed E-state index contributed by atoms with van der Waals surface area (Å²) in [6.07, 6.45) is 0. The van der Waals surface area contributed by atoms with E-state index in [-0.39, 0.29) is 0 Å². The molecule has 13 aromatic rings. The molecule has 5 heteroatoms. The molecule has 0 saturated carbocycles. The van der Waals surface area contributed by atoms with Gasteiger partial charge in [-0.05, 0) is 85.6 Å². The second-order valence-electron chi connectivity index (χ2n) is 17.4. The van der Waals surface area contributed by atoms with Crippen LogP contribution in [0.15, 0.2) is 229 Å². The Morgan fingerprint density at radius 1 is 0.358 bits per heavy atom. The van der Waals surface area contributed by atoms with Crippen LogP contribution in [0.2, 0.25) is 0 Å². The van der Waals surface area contributed by atoms with Gasteiger partial charge in [0, 0.05) is 47.6 Å². The van der Waals surface area contributed by atoms with Crippen LogP contribution in [0.5, 0.6) is 0 Å². The molecule has 312 valence electrons. The second kappa shape index (κ2) is 14.8. The summed E-state index contributed by atoms with van der Waals surface area (Å²) >= 11 is 1.87. The first kappa shape index (κ1) is 37.8. The lowest BCUT2D eigenvalue weighted by Gasteiger charge is -2.34. The molecule has 14 rings (SSSR count). The average Bonchev–Trinajstić information content (AvgIpc) is 4.08. The van der Waals surface area contributed by atoms with Crippen molar-refractivity contribution in [3.05, 3.63) is 247 Å². The van der Waals surface area contributed by atoms with Crippen molar-refractivity contribution in [3.63, 3.8) is 0 Å². The number of benzene rings is 10. The Bertz CT molecular complexity index is 4070. The fourth-order valence-electron chi connectivity index (χ4n) is 10.9. The molecule has 0 radical (unpaired) electrons. The lowest BCUT2D eigenvalue weighted by Crippen LogP contribution is -2.28. The van der Waals surface area contributed by atoms with Crippen molar-refractivity contribution in [1.29, 1.82) is 0 Å². The Kier molecular flexibility index (Phi) is 8.33. The maximum absolute atomic E-state index is 6.76. The third-order valence-electron chi connectivity index (χ3n) is 13.8. The molecule has 3 aromatic heterocycles. The zero-order chi connectivity index (χ0) is 44.1. The van der Waals surface area contributed by atoms with Crippen molar-refractivity contribution in [3.8, 4) is 56.4 Å². The molecule has 0 bridgehead atoms. The minimum absolute atomic E-state index is 0.551. The van der Waals surface area contributed by atoms with Crippen molar-refractivity contribution < 1.29 is 4.42 Å². The van der Waals surface area contributed by atoms with Gasteiger partial charge in [0.25, 0.3) is 0 Å². The summed E-state index contributed by atoms with van der Waals surface area (Å²) in [6.45, 7) is 0. The predicted molar refractivity (Wildman–Crippen MR) is 277 cm³/mol. The van der Waals surface area contributed by atoms with Crippen molar-refractivity contribution >= 4 is 64.2 Å². The SMILES string of the molecule is c1ccc(-c2nc(-c3cccc(C4(c5ccccc5)c5ccccc5-c5ccccc54)c3)nc(-c3ccc4c(c3)oc3cccc(-c5cccc6sc7c8ccccc8ccc7c56)c34)n2)cc1. The van der Waals surface area contributed by atoms with Gasteiger partial charge in [0.05, 0.1) is 5.41 Å².